The van der Waals surface area contributed by atoms with E-state index >= 15 is 0 Å². The van der Waals surface area contributed by atoms with Crippen molar-refractivity contribution in [3.63, 3.8) is 0 Å². The van der Waals surface area contributed by atoms with Crippen molar-refractivity contribution in [2.45, 2.75) is 76.4 Å². The van der Waals surface area contributed by atoms with Crippen LogP contribution in [0.4, 0.5) is 0 Å². The molecule has 2 aliphatic rings. The van der Waals surface area contributed by atoms with E-state index in [0.29, 0.717) is 12.3 Å². The van der Waals surface area contributed by atoms with E-state index in [9.17, 15) is 10.1 Å². The van der Waals surface area contributed by atoms with Gasteiger partial charge in [0.25, 0.3) is 0 Å². The van der Waals surface area contributed by atoms with Crippen molar-refractivity contribution in [1.29, 1.82) is 5.26 Å². The Labute approximate surface area is 121 Å². The van der Waals surface area contributed by atoms with Gasteiger partial charge in [0.2, 0.25) is 5.91 Å². The first-order valence-electron chi connectivity index (χ1n) is 7.97. The van der Waals surface area contributed by atoms with E-state index in [1.54, 1.807) is 0 Å². The van der Waals surface area contributed by atoms with Crippen LogP contribution in [0.5, 0.6) is 0 Å². The van der Waals surface area contributed by atoms with E-state index in [2.05, 4.69) is 18.3 Å². The highest BCUT2D eigenvalue weighted by molar-refractivity contribution is 5.77. The summed E-state index contributed by atoms with van der Waals surface area (Å²) >= 11 is 0. The van der Waals surface area contributed by atoms with E-state index in [0.717, 1.165) is 51.6 Å². The highest BCUT2D eigenvalue weighted by Gasteiger charge is 2.35. The maximum absolute atomic E-state index is 12.1. The molecule has 1 atom stereocenters. The van der Waals surface area contributed by atoms with Gasteiger partial charge in [-0.1, -0.05) is 6.92 Å². The first kappa shape index (κ1) is 15.3. The summed E-state index contributed by atoms with van der Waals surface area (Å²) in [7, 11) is 0. The monoisotopic (exact) mass is 278 g/mol. The van der Waals surface area contributed by atoms with Gasteiger partial charge in [0, 0.05) is 13.0 Å². The molecule has 4 heteroatoms. The van der Waals surface area contributed by atoms with Crippen LogP contribution in [0.15, 0.2) is 0 Å². The molecule has 20 heavy (non-hydrogen) atoms. The molecule has 0 aromatic carbocycles. The van der Waals surface area contributed by atoms with Gasteiger partial charge in [0.1, 0.15) is 5.54 Å². The van der Waals surface area contributed by atoms with Gasteiger partial charge in [-0.05, 0) is 57.3 Å². The number of nitrogens with one attached hydrogen (secondary N) is 1. The Morgan fingerprint density at radius 1 is 1.35 bits per heavy atom. The van der Waals surface area contributed by atoms with Gasteiger partial charge < -0.3 is 10.1 Å². The summed E-state index contributed by atoms with van der Waals surface area (Å²) in [5.74, 6) is 0.680. The summed E-state index contributed by atoms with van der Waals surface area (Å²) in [6, 6.07) is 2.34. The lowest BCUT2D eigenvalue weighted by atomic mass is 9.78. The van der Waals surface area contributed by atoms with Gasteiger partial charge in [-0.2, -0.15) is 5.26 Å². The van der Waals surface area contributed by atoms with Gasteiger partial charge in [-0.3, -0.25) is 4.79 Å². The van der Waals surface area contributed by atoms with E-state index in [-0.39, 0.29) is 12.0 Å². The second-order valence-electron chi connectivity index (χ2n) is 6.45. The summed E-state index contributed by atoms with van der Waals surface area (Å²) in [4.78, 5) is 12.1. The molecule has 0 aromatic heterocycles. The third-order valence-corrected chi connectivity index (χ3v) is 4.69. The molecule has 1 unspecified atom stereocenters. The van der Waals surface area contributed by atoms with Crippen LogP contribution in [0.25, 0.3) is 0 Å². The normalized spacial score (nSPS) is 34.2. The molecule has 1 aliphatic carbocycles. The van der Waals surface area contributed by atoms with Crippen molar-refractivity contribution in [3.8, 4) is 6.07 Å². The minimum atomic E-state index is -0.614. The molecule has 0 bridgehead atoms. The number of carbonyl (C=O) groups excluding carboxylic acids is 1. The standard InChI is InChI=1S/C16H26N2O2/c1-13-7-9-16(12-17,10-8-13)18-15(19)6-5-14-4-2-3-11-20-14/h13-14H,2-11H2,1H3,(H,18,19). The second kappa shape index (κ2) is 7.08. The molecule has 1 saturated carbocycles. The molecule has 1 heterocycles. The second-order valence-corrected chi connectivity index (χ2v) is 6.45. The Hall–Kier alpha value is -1.08. The van der Waals surface area contributed by atoms with Gasteiger partial charge in [-0.25, -0.2) is 0 Å². The first-order valence-corrected chi connectivity index (χ1v) is 7.97. The van der Waals surface area contributed by atoms with Crippen LogP contribution in [0, 0.1) is 17.2 Å². The van der Waals surface area contributed by atoms with Crippen LogP contribution in [0.1, 0.15) is 64.7 Å². The van der Waals surface area contributed by atoms with Gasteiger partial charge in [-0.15, -0.1) is 0 Å². The molecule has 1 N–H and O–H groups in total. The minimum Gasteiger partial charge on any atom is -0.378 e. The maximum Gasteiger partial charge on any atom is 0.221 e. The van der Waals surface area contributed by atoms with E-state index in [1.165, 1.54) is 6.42 Å². The van der Waals surface area contributed by atoms with Crippen molar-refractivity contribution < 1.29 is 9.53 Å². The Balaban J connectivity index is 1.76. The topological polar surface area (TPSA) is 62.1 Å². The summed E-state index contributed by atoms with van der Waals surface area (Å²) in [5, 5.41) is 12.4. The predicted octanol–water partition coefficient (Wildman–Crippen LogP) is 2.92. The van der Waals surface area contributed by atoms with Crippen molar-refractivity contribution in [2.75, 3.05) is 6.61 Å². The summed E-state index contributed by atoms with van der Waals surface area (Å²) in [6.07, 6.45) is 8.52. The van der Waals surface area contributed by atoms with E-state index in [4.69, 9.17) is 4.74 Å². The maximum atomic E-state index is 12.1. The summed E-state index contributed by atoms with van der Waals surface area (Å²) in [5.41, 5.74) is -0.614. The summed E-state index contributed by atoms with van der Waals surface area (Å²) < 4.78 is 5.64. The number of nitrogens with zero attached hydrogens (tertiary/aromatic N) is 1. The molecule has 0 radical (unpaired) electrons. The molecule has 2 fully saturated rings. The molecule has 112 valence electrons. The van der Waals surface area contributed by atoms with Crippen molar-refractivity contribution >= 4 is 5.91 Å². The molecule has 1 saturated heterocycles. The lowest BCUT2D eigenvalue weighted by molar-refractivity contribution is -0.123. The highest BCUT2D eigenvalue weighted by atomic mass is 16.5. The minimum absolute atomic E-state index is 0.00952. The Morgan fingerprint density at radius 3 is 2.70 bits per heavy atom. The lowest BCUT2D eigenvalue weighted by Gasteiger charge is -2.34. The zero-order valence-corrected chi connectivity index (χ0v) is 12.5. The van der Waals surface area contributed by atoms with Crippen LogP contribution >= 0.6 is 0 Å². The van der Waals surface area contributed by atoms with E-state index in [1.807, 2.05) is 0 Å². The Bertz CT molecular complexity index is 361. The SMILES string of the molecule is CC1CCC(C#N)(NC(=O)CCC2CCCCO2)CC1. The van der Waals surface area contributed by atoms with Crippen LogP contribution in [-0.4, -0.2) is 24.2 Å². The number of hydrogen-bond donors (Lipinski definition) is 1. The first-order chi connectivity index (χ1) is 9.63. The molecule has 2 rings (SSSR count). The van der Waals surface area contributed by atoms with Crippen LogP contribution in [-0.2, 0) is 9.53 Å². The average Bonchev–Trinajstić information content (AvgIpc) is 2.49. The Morgan fingerprint density at radius 2 is 2.10 bits per heavy atom. The number of hydrogen-bond acceptors (Lipinski definition) is 3. The smallest absolute Gasteiger partial charge is 0.221 e. The average molecular weight is 278 g/mol. The van der Waals surface area contributed by atoms with Gasteiger partial charge >= 0.3 is 0 Å². The zero-order valence-electron chi connectivity index (χ0n) is 12.5. The zero-order chi connectivity index (χ0) is 14.4. The Kier molecular flexibility index (Phi) is 5.42. The highest BCUT2D eigenvalue weighted by Crippen LogP contribution is 2.31. The molecular weight excluding hydrogens is 252 g/mol. The predicted molar refractivity (Wildman–Crippen MR) is 76.9 cm³/mol. The fraction of sp³-hybridized carbons (Fsp3) is 0.875. The number of nitriles is 1. The van der Waals surface area contributed by atoms with Gasteiger partial charge in [0.15, 0.2) is 0 Å². The third kappa shape index (κ3) is 4.21. The molecule has 4 nitrogen and oxygen atoms in total. The number of rotatable bonds is 4. The number of ether oxygens (including phenoxy) is 1. The van der Waals surface area contributed by atoms with Crippen LogP contribution in [0.3, 0.4) is 0 Å². The van der Waals surface area contributed by atoms with Crippen molar-refractivity contribution in [1.82, 2.24) is 5.32 Å². The third-order valence-electron chi connectivity index (χ3n) is 4.69. The van der Waals surface area contributed by atoms with Crippen molar-refractivity contribution in [3.05, 3.63) is 0 Å². The fourth-order valence-electron chi connectivity index (χ4n) is 3.18. The molecule has 1 amide bonds. The molecule has 0 spiro atoms. The molecular formula is C16H26N2O2. The number of carbonyl (C=O) groups is 1. The van der Waals surface area contributed by atoms with E-state index < -0.39 is 5.54 Å². The van der Waals surface area contributed by atoms with Gasteiger partial charge in [0.05, 0.1) is 12.2 Å². The van der Waals surface area contributed by atoms with Crippen LogP contribution in [0.2, 0.25) is 0 Å². The summed E-state index contributed by atoms with van der Waals surface area (Å²) in [6.45, 7) is 3.04. The molecule has 0 aromatic rings. The van der Waals surface area contributed by atoms with Crippen LogP contribution < -0.4 is 5.32 Å². The molecule has 1 aliphatic heterocycles. The number of amides is 1. The van der Waals surface area contributed by atoms with Crippen molar-refractivity contribution in [2.24, 2.45) is 5.92 Å². The lowest BCUT2D eigenvalue weighted by Crippen LogP contribution is -2.49. The quantitative estimate of drug-likeness (QED) is 0.860. The largest absolute Gasteiger partial charge is 0.378 e. The fourth-order valence-corrected chi connectivity index (χ4v) is 3.18.